The second-order valence-corrected chi connectivity index (χ2v) is 6.93. The van der Waals surface area contributed by atoms with Crippen molar-refractivity contribution >= 4 is 15.8 Å². The number of allylic oxidation sites excluding steroid dienone is 2. The van der Waals surface area contributed by atoms with Crippen molar-refractivity contribution in [1.29, 1.82) is 0 Å². The zero-order valence-corrected chi connectivity index (χ0v) is 12.0. The first-order valence-corrected chi connectivity index (χ1v) is 7.47. The summed E-state index contributed by atoms with van der Waals surface area (Å²) in [6.45, 7) is 5.34. The zero-order valence-electron chi connectivity index (χ0n) is 11.2. The van der Waals surface area contributed by atoms with Crippen LogP contribution >= 0.6 is 0 Å². The van der Waals surface area contributed by atoms with E-state index in [4.69, 9.17) is 10.5 Å². The molecule has 0 aliphatic carbocycles. The van der Waals surface area contributed by atoms with E-state index < -0.39 is 21.5 Å². The Balaban J connectivity index is 4.20. The van der Waals surface area contributed by atoms with Gasteiger partial charge in [0.1, 0.15) is 5.60 Å². The number of hydrogen-bond acceptors (Lipinski definition) is 5. The summed E-state index contributed by atoms with van der Waals surface area (Å²) in [5.41, 5.74) is 5.14. The summed E-state index contributed by atoms with van der Waals surface area (Å²) in [6.07, 6.45) is 5.56. The summed E-state index contributed by atoms with van der Waals surface area (Å²) in [7, 11) is -3.13. The van der Waals surface area contributed by atoms with Gasteiger partial charge >= 0.3 is 5.97 Å². The summed E-state index contributed by atoms with van der Waals surface area (Å²) >= 11 is 0. The smallest absolute Gasteiger partial charge is 0.308 e. The molecule has 0 radical (unpaired) electrons. The quantitative estimate of drug-likeness (QED) is 0.601. The Bertz CT molecular complexity index is 429. The lowest BCUT2D eigenvalue weighted by Crippen LogP contribution is -2.29. The van der Waals surface area contributed by atoms with Gasteiger partial charge in [-0.15, -0.1) is 0 Å². The Hall–Kier alpha value is -1.14. The molecule has 104 valence electrons. The first-order chi connectivity index (χ1) is 7.99. The minimum absolute atomic E-state index is 0.0560. The highest BCUT2D eigenvalue weighted by atomic mass is 32.2. The largest absolute Gasteiger partial charge is 0.460 e. The van der Waals surface area contributed by atoms with E-state index in [0.29, 0.717) is 0 Å². The van der Waals surface area contributed by atoms with Crippen LogP contribution in [0.2, 0.25) is 0 Å². The highest BCUT2D eigenvalue weighted by Crippen LogP contribution is 2.09. The van der Waals surface area contributed by atoms with E-state index in [0.717, 1.165) is 11.7 Å². The van der Waals surface area contributed by atoms with Crippen molar-refractivity contribution < 1.29 is 17.9 Å². The van der Waals surface area contributed by atoms with Crippen molar-refractivity contribution in [2.24, 2.45) is 5.73 Å². The highest BCUT2D eigenvalue weighted by Gasteiger charge is 2.17. The molecule has 0 fully saturated rings. The molecular weight excluding hydrogens is 254 g/mol. The van der Waals surface area contributed by atoms with Crippen LogP contribution in [0.3, 0.4) is 0 Å². The maximum Gasteiger partial charge on any atom is 0.308 e. The second-order valence-electron chi connectivity index (χ2n) is 5.00. The Morgan fingerprint density at radius 1 is 1.33 bits per heavy atom. The number of sulfone groups is 1. The standard InChI is InChI=1S/C12H21NO4S/c1-12(2,3)17-11(14)9-10(13)7-5-6-8-18(4,15)16/h5-8,10H,9,13H2,1-4H3/b7-5+,8-6+/t10-/m1/s1. The van der Waals surface area contributed by atoms with Gasteiger partial charge in [-0.3, -0.25) is 4.79 Å². The van der Waals surface area contributed by atoms with Gasteiger partial charge in [0.05, 0.1) is 6.42 Å². The van der Waals surface area contributed by atoms with Gasteiger partial charge in [-0.25, -0.2) is 8.42 Å². The van der Waals surface area contributed by atoms with E-state index in [-0.39, 0.29) is 12.4 Å². The maximum absolute atomic E-state index is 11.4. The highest BCUT2D eigenvalue weighted by molar-refractivity contribution is 7.93. The molecule has 0 heterocycles. The van der Waals surface area contributed by atoms with Crippen LogP contribution in [0.15, 0.2) is 23.6 Å². The van der Waals surface area contributed by atoms with E-state index in [9.17, 15) is 13.2 Å². The molecule has 0 rings (SSSR count). The first kappa shape index (κ1) is 16.9. The van der Waals surface area contributed by atoms with Crippen LogP contribution in [0, 0.1) is 0 Å². The molecule has 0 aliphatic heterocycles. The van der Waals surface area contributed by atoms with Gasteiger partial charge in [0.15, 0.2) is 9.84 Å². The van der Waals surface area contributed by atoms with Crippen molar-refractivity contribution in [2.75, 3.05) is 6.26 Å². The van der Waals surface area contributed by atoms with Crippen LogP contribution in [-0.4, -0.2) is 32.3 Å². The Morgan fingerprint density at radius 2 is 1.89 bits per heavy atom. The van der Waals surface area contributed by atoms with E-state index in [1.165, 1.54) is 12.2 Å². The number of rotatable bonds is 5. The molecule has 0 saturated carbocycles. The van der Waals surface area contributed by atoms with E-state index in [1.54, 1.807) is 26.8 Å². The van der Waals surface area contributed by atoms with Crippen LogP contribution in [0.1, 0.15) is 27.2 Å². The zero-order chi connectivity index (χ0) is 14.4. The monoisotopic (exact) mass is 275 g/mol. The van der Waals surface area contributed by atoms with Crippen LogP contribution < -0.4 is 5.73 Å². The van der Waals surface area contributed by atoms with E-state index >= 15 is 0 Å². The summed E-state index contributed by atoms with van der Waals surface area (Å²) in [5, 5.41) is 1.06. The molecule has 0 bridgehead atoms. The third-order valence-corrected chi connectivity index (χ3v) is 2.27. The molecule has 0 unspecified atom stereocenters. The van der Waals surface area contributed by atoms with Crippen molar-refractivity contribution in [3.63, 3.8) is 0 Å². The molecule has 5 nitrogen and oxygen atoms in total. The van der Waals surface area contributed by atoms with Crippen molar-refractivity contribution in [1.82, 2.24) is 0 Å². The molecule has 0 saturated heterocycles. The lowest BCUT2D eigenvalue weighted by atomic mass is 10.1. The average Bonchev–Trinajstić information content (AvgIpc) is 2.07. The second kappa shape index (κ2) is 6.70. The lowest BCUT2D eigenvalue weighted by Gasteiger charge is -2.20. The van der Waals surface area contributed by atoms with Gasteiger partial charge in [-0.2, -0.15) is 0 Å². The van der Waals surface area contributed by atoms with Gasteiger partial charge in [0.25, 0.3) is 0 Å². The molecule has 0 aromatic heterocycles. The van der Waals surface area contributed by atoms with E-state index in [2.05, 4.69) is 0 Å². The maximum atomic E-state index is 11.4. The number of carbonyl (C=O) groups is 1. The first-order valence-electron chi connectivity index (χ1n) is 5.52. The summed E-state index contributed by atoms with van der Waals surface area (Å²) in [5.74, 6) is -0.383. The van der Waals surface area contributed by atoms with Crippen LogP contribution in [0.4, 0.5) is 0 Å². The SMILES string of the molecule is CC(C)(C)OC(=O)C[C@H](N)/C=C/C=C/S(C)(=O)=O. The van der Waals surface area contributed by atoms with Crippen LogP contribution in [0.5, 0.6) is 0 Å². The average molecular weight is 275 g/mol. The third-order valence-electron chi connectivity index (χ3n) is 1.62. The predicted molar refractivity (Wildman–Crippen MR) is 71.6 cm³/mol. The molecule has 0 amide bonds. The minimum atomic E-state index is -3.13. The topological polar surface area (TPSA) is 86.5 Å². The van der Waals surface area contributed by atoms with Gasteiger partial charge in [-0.05, 0) is 20.8 Å². The summed E-state index contributed by atoms with van der Waals surface area (Å²) in [4.78, 5) is 11.4. The molecule has 2 N–H and O–H groups in total. The van der Waals surface area contributed by atoms with Crippen molar-refractivity contribution in [3.8, 4) is 0 Å². The number of ether oxygens (including phenoxy) is 1. The molecule has 1 atom stereocenters. The van der Waals surface area contributed by atoms with Crippen molar-refractivity contribution in [2.45, 2.75) is 38.8 Å². The fourth-order valence-corrected chi connectivity index (χ4v) is 1.41. The third kappa shape index (κ3) is 11.3. The summed E-state index contributed by atoms with van der Waals surface area (Å²) < 4.78 is 26.7. The number of nitrogens with two attached hydrogens (primary N) is 1. The van der Waals surface area contributed by atoms with Gasteiger partial charge in [-0.1, -0.05) is 18.2 Å². The van der Waals surface area contributed by atoms with Crippen molar-refractivity contribution in [3.05, 3.63) is 23.6 Å². The van der Waals surface area contributed by atoms with Gasteiger partial charge in [0, 0.05) is 17.7 Å². The Morgan fingerprint density at radius 3 is 2.33 bits per heavy atom. The number of carbonyl (C=O) groups excluding carboxylic acids is 1. The van der Waals surface area contributed by atoms with Gasteiger partial charge in [0.2, 0.25) is 0 Å². The predicted octanol–water partition coefficient (Wildman–Crippen LogP) is 1.16. The Labute approximate surface area is 109 Å². The summed E-state index contributed by atoms with van der Waals surface area (Å²) in [6, 6.07) is -0.496. The minimum Gasteiger partial charge on any atom is -0.460 e. The van der Waals surface area contributed by atoms with E-state index in [1.807, 2.05) is 0 Å². The van der Waals surface area contributed by atoms with Crippen LogP contribution in [-0.2, 0) is 19.4 Å². The fourth-order valence-electron chi connectivity index (χ4n) is 1.04. The molecule has 0 aromatic rings. The molecule has 0 aliphatic rings. The lowest BCUT2D eigenvalue weighted by molar-refractivity contribution is -0.154. The molecule has 6 heteroatoms. The molecular formula is C12H21NO4S. The number of esters is 1. The number of hydrogen-bond donors (Lipinski definition) is 1. The van der Waals surface area contributed by atoms with Gasteiger partial charge < -0.3 is 10.5 Å². The molecule has 18 heavy (non-hydrogen) atoms. The fraction of sp³-hybridized carbons (Fsp3) is 0.583. The molecule has 0 aromatic carbocycles. The Kier molecular flexibility index (Phi) is 6.28. The van der Waals surface area contributed by atoms with Crippen LogP contribution in [0.25, 0.3) is 0 Å². The normalized spacial score (nSPS) is 15.2. The molecule has 0 spiro atoms.